The molecule has 0 fully saturated rings. The van der Waals surface area contributed by atoms with Gasteiger partial charge in [-0.1, -0.05) is 23.2 Å². The van der Waals surface area contributed by atoms with Crippen molar-refractivity contribution >= 4 is 40.4 Å². The molecule has 18 heavy (non-hydrogen) atoms. The van der Waals surface area contributed by atoms with Crippen molar-refractivity contribution in [2.24, 2.45) is 0 Å². The highest BCUT2D eigenvalue weighted by molar-refractivity contribution is 7.11. The van der Waals surface area contributed by atoms with Gasteiger partial charge in [0.25, 0.3) is 5.91 Å². The summed E-state index contributed by atoms with van der Waals surface area (Å²) in [6.45, 7) is 2.33. The van der Waals surface area contributed by atoms with E-state index in [4.69, 9.17) is 23.2 Å². The summed E-state index contributed by atoms with van der Waals surface area (Å²) in [4.78, 5) is 20.8. The smallest absolute Gasteiger partial charge is 0.254 e. The first-order valence-electron chi connectivity index (χ1n) is 5.08. The van der Waals surface area contributed by atoms with E-state index in [1.807, 2.05) is 6.92 Å². The molecule has 2 heterocycles. The second kappa shape index (κ2) is 5.65. The van der Waals surface area contributed by atoms with Gasteiger partial charge < -0.3 is 5.32 Å². The molecule has 0 saturated carbocycles. The van der Waals surface area contributed by atoms with Crippen LogP contribution in [0.2, 0.25) is 10.3 Å². The molecule has 4 nitrogen and oxygen atoms in total. The fourth-order valence-corrected chi connectivity index (χ4v) is 2.50. The maximum Gasteiger partial charge on any atom is 0.254 e. The van der Waals surface area contributed by atoms with Crippen molar-refractivity contribution in [1.82, 2.24) is 15.3 Å². The summed E-state index contributed by atoms with van der Waals surface area (Å²) in [7, 11) is 0. The van der Waals surface area contributed by atoms with Crippen molar-refractivity contribution in [2.45, 2.75) is 13.5 Å². The molecule has 0 atom stereocenters. The monoisotopic (exact) mass is 301 g/mol. The largest absolute Gasteiger partial charge is 0.347 e. The summed E-state index contributed by atoms with van der Waals surface area (Å²) in [6.07, 6.45) is 1.74. The van der Waals surface area contributed by atoms with Crippen molar-refractivity contribution < 1.29 is 4.79 Å². The Labute approximate surface area is 118 Å². The van der Waals surface area contributed by atoms with Gasteiger partial charge >= 0.3 is 0 Å². The SMILES string of the molecule is Cc1ncc(CNC(=O)c2ccc(Cl)nc2Cl)s1. The Balaban J connectivity index is 2.03. The highest BCUT2D eigenvalue weighted by Crippen LogP contribution is 2.17. The van der Waals surface area contributed by atoms with Crippen LogP contribution in [0.1, 0.15) is 20.2 Å². The quantitative estimate of drug-likeness (QED) is 0.886. The van der Waals surface area contributed by atoms with E-state index in [9.17, 15) is 4.79 Å². The van der Waals surface area contributed by atoms with Crippen LogP contribution in [0.3, 0.4) is 0 Å². The molecule has 0 aliphatic carbocycles. The number of rotatable bonds is 3. The van der Waals surface area contributed by atoms with E-state index in [1.54, 1.807) is 12.3 Å². The number of pyridine rings is 1. The Morgan fingerprint density at radius 3 is 2.83 bits per heavy atom. The van der Waals surface area contributed by atoms with Crippen LogP contribution in [-0.4, -0.2) is 15.9 Å². The van der Waals surface area contributed by atoms with Crippen molar-refractivity contribution in [1.29, 1.82) is 0 Å². The van der Waals surface area contributed by atoms with Crippen molar-refractivity contribution in [3.05, 3.63) is 44.1 Å². The van der Waals surface area contributed by atoms with Gasteiger partial charge in [-0.25, -0.2) is 9.97 Å². The Bertz CT molecular complexity index is 585. The third-order valence-electron chi connectivity index (χ3n) is 2.15. The van der Waals surface area contributed by atoms with E-state index < -0.39 is 0 Å². The number of amides is 1. The van der Waals surface area contributed by atoms with Crippen LogP contribution in [0.4, 0.5) is 0 Å². The molecule has 0 aliphatic heterocycles. The predicted molar refractivity (Wildman–Crippen MR) is 72.3 cm³/mol. The lowest BCUT2D eigenvalue weighted by Crippen LogP contribution is -2.22. The van der Waals surface area contributed by atoms with Gasteiger partial charge in [0.05, 0.1) is 17.1 Å². The zero-order valence-electron chi connectivity index (χ0n) is 9.41. The predicted octanol–water partition coefficient (Wildman–Crippen LogP) is 3.08. The second-order valence-electron chi connectivity index (χ2n) is 3.50. The minimum atomic E-state index is -0.282. The number of aromatic nitrogens is 2. The van der Waals surface area contributed by atoms with Crippen LogP contribution >= 0.6 is 34.5 Å². The van der Waals surface area contributed by atoms with Crippen LogP contribution < -0.4 is 5.32 Å². The number of nitrogens with one attached hydrogen (secondary N) is 1. The lowest BCUT2D eigenvalue weighted by atomic mass is 10.2. The van der Waals surface area contributed by atoms with Crippen LogP contribution in [0.5, 0.6) is 0 Å². The number of halogens is 2. The number of aryl methyl sites for hydroxylation is 1. The van der Waals surface area contributed by atoms with E-state index in [0.29, 0.717) is 12.1 Å². The zero-order chi connectivity index (χ0) is 13.1. The molecule has 0 saturated heterocycles. The van der Waals surface area contributed by atoms with Gasteiger partial charge in [-0.2, -0.15) is 0 Å². The van der Waals surface area contributed by atoms with Crippen LogP contribution in [0.15, 0.2) is 18.3 Å². The third kappa shape index (κ3) is 3.19. The minimum absolute atomic E-state index is 0.0977. The van der Waals surface area contributed by atoms with Gasteiger partial charge in [0.1, 0.15) is 10.3 Å². The molecule has 7 heteroatoms. The Kier molecular flexibility index (Phi) is 4.16. The lowest BCUT2D eigenvalue weighted by molar-refractivity contribution is 0.0951. The van der Waals surface area contributed by atoms with Gasteiger partial charge in [0, 0.05) is 11.1 Å². The molecule has 0 bridgehead atoms. The molecular formula is C11H9Cl2N3OS. The first kappa shape index (κ1) is 13.3. The Morgan fingerprint density at radius 1 is 1.44 bits per heavy atom. The molecule has 0 radical (unpaired) electrons. The van der Waals surface area contributed by atoms with Gasteiger partial charge in [0.2, 0.25) is 0 Å². The number of carbonyl (C=O) groups is 1. The molecule has 1 N–H and O–H groups in total. The van der Waals surface area contributed by atoms with Gasteiger partial charge in [-0.05, 0) is 19.1 Å². The van der Waals surface area contributed by atoms with Crippen molar-refractivity contribution in [2.75, 3.05) is 0 Å². The van der Waals surface area contributed by atoms with Gasteiger partial charge in [-0.3, -0.25) is 4.79 Å². The summed E-state index contributed by atoms with van der Waals surface area (Å²) >= 11 is 13.0. The number of carbonyl (C=O) groups excluding carboxylic acids is 1. The van der Waals surface area contributed by atoms with E-state index in [-0.39, 0.29) is 16.2 Å². The van der Waals surface area contributed by atoms with Gasteiger partial charge in [-0.15, -0.1) is 11.3 Å². The second-order valence-corrected chi connectivity index (χ2v) is 5.57. The number of thiazole rings is 1. The van der Waals surface area contributed by atoms with E-state index in [1.165, 1.54) is 17.4 Å². The molecule has 2 aromatic rings. The maximum absolute atomic E-state index is 11.9. The van der Waals surface area contributed by atoms with Crippen LogP contribution in [0.25, 0.3) is 0 Å². The number of hydrogen-bond acceptors (Lipinski definition) is 4. The first-order valence-corrected chi connectivity index (χ1v) is 6.65. The molecular weight excluding hydrogens is 293 g/mol. The molecule has 0 aliphatic rings. The summed E-state index contributed by atoms with van der Waals surface area (Å²) in [5, 5.41) is 4.07. The average molecular weight is 302 g/mol. The molecule has 2 rings (SSSR count). The molecule has 94 valence electrons. The standard InChI is InChI=1S/C11H9Cl2N3OS/c1-6-14-4-7(18-6)5-15-11(17)8-2-3-9(12)16-10(8)13/h2-4H,5H2,1H3,(H,15,17). The summed E-state index contributed by atoms with van der Waals surface area (Å²) in [6, 6.07) is 3.07. The maximum atomic E-state index is 11.9. The Morgan fingerprint density at radius 2 is 2.22 bits per heavy atom. The summed E-state index contributed by atoms with van der Waals surface area (Å²) in [5.41, 5.74) is 0.308. The van der Waals surface area contributed by atoms with Crippen molar-refractivity contribution in [3.63, 3.8) is 0 Å². The summed E-state index contributed by atoms with van der Waals surface area (Å²) < 4.78 is 0. The molecule has 0 unspecified atom stereocenters. The summed E-state index contributed by atoms with van der Waals surface area (Å²) in [5.74, 6) is -0.282. The van der Waals surface area contributed by atoms with Crippen molar-refractivity contribution in [3.8, 4) is 0 Å². The van der Waals surface area contributed by atoms with E-state index in [0.717, 1.165) is 9.88 Å². The average Bonchev–Trinajstić information content (AvgIpc) is 2.72. The Hall–Kier alpha value is -1.17. The molecule has 0 spiro atoms. The molecule has 1 amide bonds. The van der Waals surface area contributed by atoms with E-state index in [2.05, 4.69) is 15.3 Å². The normalized spacial score (nSPS) is 10.4. The molecule has 0 aromatic carbocycles. The van der Waals surface area contributed by atoms with Gasteiger partial charge in [0.15, 0.2) is 0 Å². The zero-order valence-corrected chi connectivity index (χ0v) is 11.7. The highest BCUT2D eigenvalue weighted by Gasteiger charge is 2.11. The number of nitrogens with zero attached hydrogens (tertiary/aromatic N) is 2. The third-order valence-corrected chi connectivity index (χ3v) is 3.56. The van der Waals surface area contributed by atoms with E-state index >= 15 is 0 Å². The fourth-order valence-electron chi connectivity index (χ4n) is 1.33. The first-order chi connectivity index (χ1) is 8.56. The fraction of sp³-hybridized carbons (Fsp3) is 0.182. The van der Waals surface area contributed by atoms with Crippen LogP contribution in [0, 0.1) is 6.92 Å². The van der Waals surface area contributed by atoms with Crippen LogP contribution in [-0.2, 0) is 6.54 Å². The highest BCUT2D eigenvalue weighted by atomic mass is 35.5. The number of hydrogen-bond donors (Lipinski definition) is 1. The minimum Gasteiger partial charge on any atom is -0.347 e. The lowest BCUT2D eigenvalue weighted by Gasteiger charge is -2.04. The molecule has 2 aromatic heterocycles. The topological polar surface area (TPSA) is 54.9 Å².